The predicted octanol–water partition coefficient (Wildman–Crippen LogP) is 8.93. The molecule has 0 aliphatic rings. The summed E-state index contributed by atoms with van der Waals surface area (Å²) in [5.41, 5.74) is 5.73. The molecule has 4 heteroatoms. The van der Waals surface area contributed by atoms with Crippen molar-refractivity contribution in [3.8, 4) is 16.8 Å². The Morgan fingerprint density at radius 3 is 1.29 bits per heavy atom. The van der Waals surface area contributed by atoms with E-state index in [1.807, 2.05) is 18.2 Å². The number of fused-ring (bicyclic) bond motifs is 3. The lowest BCUT2D eigenvalue weighted by Crippen LogP contribution is -2.74. The van der Waals surface area contributed by atoms with E-state index in [4.69, 9.17) is 13.1 Å². The zero-order valence-corrected chi connectivity index (χ0v) is 27.1. The molecule has 1 aromatic heterocycles. The Labute approximate surface area is 281 Å². The zero-order valence-electron chi connectivity index (χ0n) is 26.1. The number of hydrogen-bond donors (Lipinski definition) is 0. The normalized spacial score (nSPS) is 11.3. The lowest BCUT2D eigenvalue weighted by molar-refractivity contribution is 1.18. The van der Waals surface area contributed by atoms with Gasteiger partial charge in [0.25, 0.3) is 0 Å². The van der Waals surface area contributed by atoms with Gasteiger partial charge >= 0.3 is 0 Å². The summed E-state index contributed by atoms with van der Waals surface area (Å²) < 4.78 is 2.26. The molecule has 8 rings (SSSR count). The van der Waals surface area contributed by atoms with Crippen molar-refractivity contribution < 1.29 is 0 Å². The first-order valence-corrected chi connectivity index (χ1v) is 17.9. The summed E-state index contributed by atoms with van der Waals surface area (Å²) in [5.74, 6) is 0. The van der Waals surface area contributed by atoms with E-state index in [1.54, 1.807) is 0 Å². The summed E-state index contributed by atoms with van der Waals surface area (Å²) >= 11 is 0. The standard InChI is InChI=1S/C44H29N3Si/c1-45-41-28-26-32(47-43-24-14-12-22-37(43)38-23-13-15-25-44(38)47)30-39(41)40-31-36(27-29-42(40)46-2)48(33-16-6-3-7-17-33,34-18-8-4-9-19-34)35-20-10-5-11-21-35/h3-31H. The van der Waals surface area contributed by atoms with E-state index < -0.39 is 8.07 Å². The van der Waals surface area contributed by atoms with Crippen molar-refractivity contribution in [2.75, 3.05) is 0 Å². The van der Waals surface area contributed by atoms with Gasteiger partial charge in [0.05, 0.1) is 24.2 Å². The van der Waals surface area contributed by atoms with Crippen LogP contribution >= 0.6 is 0 Å². The molecule has 8 aromatic rings. The van der Waals surface area contributed by atoms with Crippen molar-refractivity contribution in [1.29, 1.82) is 0 Å². The maximum Gasteiger partial charge on any atom is 0.193 e. The minimum atomic E-state index is -2.85. The van der Waals surface area contributed by atoms with Gasteiger partial charge in [-0.3, -0.25) is 0 Å². The second-order valence-electron chi connectivity index (χ2n) is 11.9. The highest BCUT2D eigenvalue weighted by molar-refractivity contribution is 7.19. The van der Waals surface area contributed by atoms with Crippen LogP contribution in [0, 0.1) is 13.1 Å². The number of rotatable bonds is 6. The molecule has 0 fully saturated rings. The van der Waals surface area contributed by atoms with E-state index in [-0.39, 0.29) is 0 Å². The van der Waals surface area contributed by atoms with Gasteiger partial charge < -0.3 is 4.57 Å². The fraction of sp³-hybridized carbons (Fsp3) is 0. The van der Waals surface area contributed by atoms with Crippen LogP contribution < -0.4 is 20.7 Å². The molecule has 0 unspecified atom stereocenters. The molecule has 1 heterocycles. The highest BCUT2D eigenvalue weighted by Crippen LogP contribution is 2.40. The molecular weight excluding hydrogens is 599 g/mol. The molecule has 0 amide bonds. The van der Waals surface area contributed by atoms with E-state index in [9.17, 15) is 0 Å². The van der Waals surface area contributed by atoms with Crippen LogP contribution in [-0.2, 0) is 0 Å². The molecule has 0 saturated carbocycles. The van der Waals surface area contributed by atoms with Crippen LogP contribution in [-0.4, -0.2) is 12.6 Å². The molecule has 0 bridgehead atoms. The second kappa shape index (κ2) is 12.0. The summed E-state index contributed by atoms with van der Waals surface area (Å²) in [5, 5.41) is 7.29. The first kappa shape index (κ1) is 29.0. The summed E-state index contributed by atoms with van der Waals surface area (Å²) in [6.45, 7) is 16.4. The predicted molar refractivity (Wildman–Crippen MR) is 202 cm³/mol. The number of aromatic nitrogens is 1. The molecule has 0 aliphatic carbocycles. The topological polar surface area (TPSA) is 13.6 Å². The monoisotopic (exact) mass is 627 g/mol. The van der Waals surface area contributed by atoms with E-state index in [0.717, 1.165) is 33.0 Å². The third kappa shape index (κ3) is 4.55. The molecule has 0 N–H and O–H groups in total. The number of para-hydroxylation sites is 2. The van der Waals surface area contributed by atoms with Crippen molar-refractivity contribution in [3.05, 3.63) is 199 Å². The van der Waals surface area contributed by atoms with Gasteiger partial charge in [0.1, 0.15) is 0 Å². The van der Waals surface area contributed by atoms with Crippen LogP contribution in [0.5, 0.6) is 0 Å². The van der Waals surface area contributed by atoms with Gasteiger partial charge in [0.15, 0.2) is 19.4 Å². The highest BCUT2D eigenvalue weighted by atomic mass is 28.3. The lowest BCUT2D eigenvalue weighted by atomic mass is 10.0. The third-order valence-corrected chi connectivity index (χ3v) is 14.2. The Morgan fingerprint density at radius 1 is 0.396 bits per heavy atom. The fourth-order valence-corrected chi connectivity index (χ4v) is 12.1. The van der Waals surface area contributed by atoms with Gasteiger partial charge in [0, 0.05) is 16.5 Å². The molecule has 224 valence electrons. The van der Waals surface area contributed by atoms with E-state index >= 15 is 0 Å². The van der Waals surface area contributed by atoms with Gasteiger partial charge in [-0.25, -0.2) is 9.69 Å². The largest absolute Gasteiger partial charge is 0.309 e. The van der Waals surface area contributed by atoms with Gasteiger partial charge in [-0.1, -0.05) is 152 Å². The molecule has 7 aromatic carbocycles. The third-order valence-electron chi connectivity index (χ3n) is 9.40. The number of nitrogens with zero attached hydrogens (tertiary/aromatic N) is 3. The SMILES string of the molecule is [C-]#[N+]c1ccc(-n2c3ccccc3c3ccccc32)cc1-c1cc([Si](c2ccccc2)(c2ccccc2)c2ccccc2)ccc1[N+]#[C-]. The van der Waals surface area contributed by atoms with Crippen molar-refractivity contribution in [2.45, 2.75) is 0 Å². The average molecular weight is 628 g/mol. The Bertz CT molecular complexity index is 2370. The van der Waals surface area contributed by atoms with Crippen LogP contribution in [0.4, 0.5) is 11.4 Å². The zero-order chi connectivity index (χ0) is 32.5. The van der Waals surface area contributed by atoms with Crippen molar-refractivity contribution in [3.63, 3.8) is 0 Å². The maximum atomic E-state index is 8.24. The summed E-state index contributed by atoms with van der Waals surface area (Å²) in [4.78, 5) is 8.00. The van der Waals surface area contributed by atoms with Crippen LogP contribution in [0.2, 0.25) is 0 Å². The van der Waals surface area contributed by atoms with Gasteiger partial charge in [-0.15, -0.1) is 0 Å². The van der Waals surface area contributed by atoms with Gasteiger partial charge in [-0.2, -0.15) is 0 Å². The Kier molecular flexibility index (Phi) is 7.27. The molecule has 0 spiro atoms. The minimum absolute atomic E-state index is 0.521. The van der Waals surface area contributed by atoms with Gasteiger partial charge in [-0.05, 0) is 56.1 Å². The van der Waals surface area contributed by atoms with Crippen molar-refractivity contribution in [2.24, 2.45) is 0 Å². The van der Waals surface area contributed by atoms with Crippen LogP contribution in [0.15, 0.2) is 176 Å². The van der Waals surface area contributed by atoms with Crippen LogP contribution in [0.1, 0.15) is 0 Å². The van der Waals surface area contributed by atoms with Gasteiger partial charge in [0.2, 0.25) is 0 Å². The number of hydrogen-bond acceptors (Lipinski definition) is 0. The molecular formula is C44H29N3Si. The quantitative estimate of drug-likeness (QED) is 0.0993. The first-order chi connectivity index (χ1) is 23.7. The average Bonchev–Trinajstić information content (AvgIpc) is 3.50. The summed E-state index contributed by atoms with van der Waals surface area (Å²) in [6, 6.07) is 61.5. The van der Waals surface area contributed by atoms with Crippen LogP contribution in [0.25, 0.3) is 48.3 Å². The molecule has 48 heavy (non-hydrogen) atoms. The lowest BCUT2D eigenvalue weighted by Gasteiger charge is -2.35. The van der Waals surface area contributed by atoms with E-state index in [2.05, 4.69) is 172 Å². The molecule has 0 aliphatic heterocycles. The molecule has 3 nitrogen and oxygen atoms in total. The smallest absolute Gasteiger partial charge is 0.193 e. The first-order valence-electron chi connectivity index (χ1n) is 15.9. The van der Waals surface area contributed by atoms with E-state index in [1.165, 1.54) is 26.3 Å². The summed E-state index contributed by atoms with van der Waals surface area (Å²) in [7, 11) is -2.85. The highest BCUT2D eigenvalue weighted by Gasteiger charge is 2.41. The molecule has 0 atom stereocenters. The number of benzene rings is 7. The van der Waals surface area contributed by atoms with Crippen LogP contribution in [0.3, 0.4) is 0 Å². The second-order valence-corrected chi connectivity index (χ2v) is 15.7. The Balaban J connectivity index is 1.43. The fourth-order valence-electron chi connectivity index (χ4n) is 7.32. The Hall–Kier alpha value is -6.46. The minimum Gasteiger partial charge on any atom is -0.309 e. The van der Waals surface area contributed by atoms with Crippen molar-refractivity contribution in [1.82, 2.24) is 4.57 Å². The summed E-state index contributed by atoms with van der Waals surface area (Å²) in [6.07, 6.45) is 0. The maximum absolute atomic E-state index is 8.24. The Morgan fingerprint density at radius 2 is 0.812 bits per heavy atom. The van der Waals surface area contributed by atoms with E-state index in [0.29, 0.717) is 11.4 Å². The molecule has 0 saturated heterocycles. The van der Waals surface area contributed by atoms with Crippen molar-refractivity contribution >= 4 is 62.0 Å². The molecule has 0 radical (unpaired) electrons.